The van der Waals surface area contributed by atoms with Crippen LogP contribution in [0.1, 0.15) is 34.3 Å². The molecule has 0 aromatic heterocycles. The summed E-state index contributed by atoms with van der Waals surface area (Å²) >= 11 is 0. The van der Waals surface area contributed by atoms with E-state index in [-0.39, 0.29) is 17.7 Å². The van der Waals surface area contributed by atoms with Gasteiger partial charge in [-0.25, -0.2) is 0 Å². The number of fused-ring (bicyclic) bond motifs is 1. The summed E-state index contributed by atoms with van der Waals surface area (Å²) in [5, 5.41) is 5.05. The van der Waals surface area contributed by atoms with Crippen LogP contribution in [0.4, 0.5) is 0 Å². The molecular formula is C26H28N2O3. The standard InChI is InChI=1S/C26H28N2O3/c1-31-18-20-13-11-19(12-14-20)16-27-25(29)22-8-5-15-28(17-22)26(30)24-10-4-7-21-6-2-3-9-23(21)24/h2-4,6-7,9-14,22H,5,8,15-18H2,1H3,(H,27,29). The first-order valence-electron chi connectivity index (χ1n) is 10.8. The molecule has 0 spiro atoms. The minimum absolute atomic E-state index is 0.00281. The van der Waals surface area contributed by atoms with Gasteiger partial charge in [0, 0.05) is 32.3 Å². The molecule has 0 saturated carbocycles. The van der Waals surface area contributed by atoms with Crippen LogP contribution in [0.3, 0.4) is 0 Å². The third kappa shape index (κ3) is 4.94. The number of piperidine rings is 1. The molecule has 0 radical (unpaired) electrons. The molecule has 0 bridgehead atoms. The van der Waals surface area contributed by atoms with E-state index in [0.717, 1.165) is 34.7 Å². The molecule has 1 heterocycles. The fourth-order valence-corrected chi connectivity index (χ4v) is 4.21. The maximum Gasteiger partial charge on any atom is 0.254 e. The maximum absolute atomic E-state index is 13.2. The second-order valence-corrected chi connectivity index (χ2v) is 8.08. The molecule has 1 unspecified atom stereocenters. The van der Waals surface area contributed by atoms with Gasteiger partial charge in [0.1, 0.15) is 0 Å². The van der Waals surface area contributed by atoms with Gasteiger partial charge in [-0.05, 0) is 40.8 Å². The summed E-state index contributed by atoms with van der Waals surface area (Å²) in [6.07, 6.45) is 1.64. The van der Waals surface area contributed by atoms with E-state index in [1.807, 2.05) is 71.6 Å². The van der Waals surface area contributed by atoms with Gasteiger partial charge in [0.2, 0.25) is 5.91 Å². The highest BCUT2D eigenvalue weighted by molar-refractivity contribution is 6.07. The lowest BCUT2D eigenvalue weighted by Gasteiger charge is -2.32. The zero-order valence-corrected chi connectivity index (χ0v) is 17.8. The molecule has 1 aliphatic rings. The Morgan fingerprint density at radius 1 is 1.00 bits per heavy atom. The molecule has 160 valence electrons. The first kappa shape index (κ1) is 21.1. The van der Waals surface area contributed by atoms with E-state index in [9.17, 15) is 9.59 Å². The number of hydrogen-bond acceptors (Lipinski definition) is 3. The number of rotatable bonds is 6. The Bertz CT molecular complexity index is 1060. The Hall–Kier alpha value is -3.18. The number of amides is 2. The van der Waals surface area contributed by atoms with Crippen molar-refractivity contribution in [2.75, 3.05) is 20.2 Å². The zero-order valence-electron chi connectivity index (χ0n) is 17.8. The number of likely N-dealkylation sites (tertiary alicyclic amines) is 1. The lowest BCUT2D eigenvalue weighted by molar-refractivity contribution is -0.126. The number of benzene rings is 3. The van der Waals surface area contributed by atoms with E-state index in [0.29, 0.717) is 31.8 Å². The lowest BCUT2D eigenvalue weighted by Crippen LogP contribution is -2.45. The third-order valence-corrected chi connectivity index (χ3v) is 5.90. The van der Waals surface area contributed by atoms with Crippen molar-refractivity contribution >= 4 is 22.6 Å². The van der Waals surface area contributed by atoms with Crippen molar-refractivity contribution in [1.82, 2.24) is 10.2 Å². The molecule has 1 aliphatic heterocycles. The van der Waals surface area contributed by atoms with E-state index < -0.39 is 0 Å². The van der Waals surface area contributed by atoms with Crippen molar-refractivity contribution in [3.63, 3.8) is 0 Å². The molecule has 1 N–H and O–H groups in total. The molecule has 4 rings (SSSR count). The van der Waals surface area contributed by atoms with Crippen molar-refractivity contribution in [3.05, 3.63) is 83.4 Å². The van der Waals surface area contributed by atoms with Gasteiger partial charge >= 0.3 is 0 Å². The molecule has 31 heavy (non-hydrogen) atoms. The van der Waals surface area contributed by atoms with Crippen LogP contribution >= 0.6 is 0 Å². The molecule has 1 saturated heterocycles. The van der Waals surface area contributed by atoms with Gasteiger partial charge in [0.05, 0.1) is 12.5 Å². The van der Waals surface area contributed by atoms with Gasteiger partial charge in [0.15, 0.2) is 0 Å². The number of nitrogens with one attached hydrogen (secondary N) is 1. The Balaban J connectivity index is 1.38. The van der Waals surface area contributed by atoms with Crippen molar-refractivity contribution in [2.45, 2.75) is 26.0 Å². The Morgan fingerprint density at radius 2 is 1.74 bits per heavy atom. The van der Waals surface area contributed by atoms with Gasteiger partial charge in [-0.15, -0.1) is 0 Å². The predicted octanol–water partition coefficient (Wildman–Crippen LogP) is 4.15. The lowest BCUT2D eigenvalue weighted by atomic mass is 9.95. The molecular weight excluding hydrogens is 388 g/mol. The second kappa shape index (κ2) is 9.75. The normalized spacial score (nSPS) is 16.3. The smallest absolute Gasteiger partial charge is 0.254 e. The van der Waals surface area contributed by atoms with Crippen LogP contribution in [0.5, 0.6) is 0 Å². The van der Waals surface area contributed by atoms with Crippen LogP contribution in [0, 0.1) is 5.92 Å². The summed E-state index contributed by atoms with van der Waals surface area (Å²) in [5.41, 5.74) is 2.86. The summed E-state index contributed by atoms with van der Waals surface area (Å²) in [4.78, 5) is 27.8. The van der Waals surface area contributed by atoms with Gasteiger partial charge in [-0.1, -0.05) is 60.7 Å². The SMILES string of the molecule is COCc1ccc(CNC(=O)C2CCCN(C(=O)c3cccc4ccccc34)C2)cc1. The maximum atomic E-state index is 13.2. The van der Waals surface area contributed by atoms with E-state index in [1.165, 1.54) is 0 Å². The highest BCUT2D eigenvalue weighted by atomic mass is 16.5. The quantitative estimate of drug-likeness (QED) is 0.657. The first-order valence-corrected chi connectivity index (χ1v) is 10.8. The average Bonchev–Trinajstić information content (AvgIpc) is 2.83. The number of ether oxygens (including phenoxy) is 1. The number of hydrogen-bond donors (Lipinski definition) is 1. The van der Waals surface area contributed by atoms with Gasteiger partial charge < -0.3 is 15.0 Å². The molecule has 5 nitrogen and oxygen atoms in total. The largest absolute Gasteiger partial charge is 0.380 e. The van der Waals surface area contributed by atoms with E-state index in [2.05, 4.69) is 5.32 Å². The minimum Gasteiger partial charge on any atom is -0.380 e. The Morgan fingerprint density at radius 3 is 2.55 bits per heavy atom. The molecule has 1 atom stereocenters. The number of methoxy groups -OCH3 is 1. The summed E-state index contributed by atoms with van der Waals surface area (Å²) < 4.78 is 5.13. The van der Waals surface area contributed by atoms with Crippen LogP contribution in [0.15, 0.2) is 66.7 Å². The molecule has 1 fully saturated rings. The number of nitrogens with zero attached hydrogens (tertiary/aromatic N) is 1. The summed E-state index contributed by atoms with van der Waals surface area (Å²) in [7, 11) is 1.67. The summed E-state index contributed by atoms with van der Waals surface area (Å²) in [6.45, 7) is 2.21. The number of carbonyl (C=O) groups is 2. The fraction of sp³-hybridized carbons (Fsp3) is 0.308. The summed E-state index contributed by atoms with van der Waals surface area (Å²) in [6, 6.07) is 21.8. The topological polar surface area (TPSA) is 58.6 Å². The van der Waals surface area contributed by atoms with Crippen molar-refractivity contribution in [2.24, 2.45) is 5.92 Å². The second-order valence-electron chi connectivity index (χ2n) is 8.08. The minimum atomic E-state index is -0.180. The summed E-state index contributed by atoms with van der Waals surface area (Å²) in [5.74, 6) is -0.167. The zero-order chi connectivity index (χ0) is 21.6. The predicted molar refractivity (Wildman–Crippen MR) is 122 cm³/mol. The van der Waals surface area contributed by atoms with E-state index >= 15 is 0 Å². The van der Waals surface area contributed by atoms with Crippen LogP contribution in [-0.2, 0) is 22.7 Å². The van der Waals surface area contributed by atoms with Gasteiger partial charge in [-0.3, -0.25) is 9.59 Å². The average molecular weight is 417 g/mol. The van der Waals surface area contributed by atoms with Crippen molar-refractivity contribution in [3.8, 4) is 0 Å². The van der Waals surface area contributed by atoms with Crippen molar-refractivity contribution in [1.29, 1.82) is 0 Å². The van der Waals surface area contributed by atoms with Crippen LogP contribution < -0.4 is 5.32 Å². The fourth-order valence-electron chi connectivity index (χ4n) is 4.21. The van der Waals surface area contributed by atoms with Gasteiger partial charge in [0.25, 0.3) is 5.91 Å². The van der Waals surface area contributed by atoms with Crippen LogP contribution in [0.25, 0.3) is 10.8 Å². The highest BCUT2D eigenvalue weighted by Gasteiger charge is 2.29. The molecule has 0 aliphatic carbocycles. The molecule has 3 aromatic carbocycles. The van der Waals surface area contributed by atoms with E-state index in [4.69, 9.17) is 4.74 Å². The van der Waals surface area contributed by atoms with E-state index in [1.54, 1.807) is 7.11 Å². The Labute approximate surface area is 183 Å². The number of carbonyl (C=O) groups excluding carboxylic acids is 2. The molecule has 5 heteroatoms. The van der Waals surface area contributed by atoms with Gasteiger partial charge in [-0.2, -0.15) is 0 Å². The molecule has 2 amide bonds. The van der Waals surface area contributed by atoms with Crippen molar-refractivity contribution < 1.29 is 14.3 Å². The highest BCUT2D eigenvalue weighted by Crippen LogP contribution is 2.23. The third-order valence-electron chi connectivity index (χ3n) is 5.90. The van der Waals surface area contributed by atoms with Crippen LogP contribution in [0.2, 0.25) is 0 Å². The Kier molecular flexibility index (Phi) is 6.63. The molecule has 3 aromatic rings. The first-order chi connectivity index (χ1) is 15.2. The monoisotopic (exact) mass is 416 g/mol. The van der Waals surface area contributed by atoms with Crippen LogP contribution in [-0.4, -0.2) is 36.9 Å².